The molecule has 0 aromatic heterocycles. The van der Waals surface area contributed by atoms with Crippen LogP contribution in [0.2, 0.25) is 0 Å². The minimum atomic E-state index is 0.678. The first-order valence-electron chi connectivity index (χ1n) is 7.70. The molecule has 0 bridgehead atoms. The first kappa shape index (κ1) is 15.0. The summed E-state index contributed by atoms with van der Waals surface area (Å²) in [6.07, 6.45) is 6.84. The van der Waals surface area contributed by atoms with Gasteiger partial charge in [0.25, 0.3) is 0 Å². The minimum absolute atomic E-state index is 0.678. The molecule has 17 heavy (non-hydrogen) atoms. The molecule has 3 atom stereocenters. The van der Waals surface area contributed by atoms with Crippen LogP contribution in [0.1, 0.15) is 59.8 Å². The van der Waals surface area contributed by atoms with Gasteiger partial charge in [-0.25, -0.2) is 0 Å². The molecule has 1 aliphatic rings. The fourth-order valence-electron chi connectivity index (χ4n) is 3.01. The summed E-state index contributed by atoms with van der Waals surface area (Å²) in [6.45, 7) is 12.9. The third-order valence-electron chi connectivity index (χ3n) is 4.45. The van der Waals surface area contributed by atoms with Crippen molar-refractivity contribution in [2.75, 3.05) is 19.6 Å². The zero-order valence-corrected chi connectivity index (χ0v) is 12.3. The van der Waals surface area contributed by atoms with E-state index in [-0.39, 0.29) is 0 Å². The van der Waals surface area contributed by atoms with Crippen LogP contribution >= 0.6 is 0 Å². The molecule has 102 valence electrons. The van der Waals surface area contributed by atoms with E-state index in [1.54, 1.807) is 0 Å². The van der Waals surface area contributed by atoms with E-state index in [2.05, 4.69) is 37.9 Å². The molecule has 0 aliphatic carbocycles. The molecule has 2 heteroatoms. The van der Waals surface area contributed by atoms with Crippen LogP contribution in [-0.2, 0) is 0 Å². The molecule has 1 aliphatic heterocycles. The third-order valence-corrected chi connectivity index (χ3v) is 4.45. The van der Waals surface area contributed by atoms with Crippen LogP contribution in [0.15, 0.2) is 0 Å². The van der Waals surface area contributed by atoms with Crippen LogP contribution in [0.25, 0.3) is 0 Å². The number of likely N-dealkylation sites (tertiary alicyclic amines) is 1. The van der Waals surface area contributed by atoms with E-state index >= 15 is 0 Å². The summed E-state index contributed by atoms with van der Waals surface area (Å²) in [4.78, 5) is 2.74. The maximum Gasteiger partial charge on any atom is 0.0220 e. The fraction of sp³-hybridized carbons (Fsp3) is 1.00. The summed E-state index contributed by atoms with van der Waals surface area (Å²) < 4.78 is 0. The van der Waals surface area contributed by atoms with Crippen molar-refractivity contribution in [3.63, 3.8) is 0 Å². The Morgan fingerprint density at radius 3 is 2.59 bits per heavy atom. The Hall–Kier alpha value is -0.0800. The quantitative estimate of drug-likeness (QED) is 0.735. The van der Waals surface area contributed by atoms with Gasteiger partial charge in [-0.05, 0) is 38.3 Å². The summed E-state index contributed by atoms with van der Waals surface area (Å²) in [7, 11) is 0. The van der Waals surface area contributed by atoms with Crippen molar-refractivity contribution in [2.24, 2.45) is 5.92 Å². The van der Waals surface area contributed by atoms with Crippen molar-refractivity contribution in [2.45, 2.75) is 71.9 Å². The van der Waals surface area contributed by atoms with Crippen LogP contribution in [-0.4, -0.2) is 36.6 Å². The predicted molar refractivity (Wildman–Crippen MR) is 76.4 cm³/mol. The van der Waals surface area contributed by atoms with Gasteiger partial charge in [0.1, 0.15) is 0 Å². The molecule has 0 spiro atoms. The molecule has 1 heterocycles. The molecule has 2 nitrogen and oxygen atoms in total. The van der Waals surface area contributed by atoms with Gasteiger partial charge in [-0.15, -0.1) is 0 Å². The average Bonchev–Trinajstić information content (AvgIpc) is 2.38. The maximum atomic E-state index is 3.68. The summed E-state index contributed by atoms with van der Waals surface area (Å²) in [5.74, 6) is 0.786. The van der Waals surface area contributed by atoms with Gasteiger partial charge in [-0.3, -0.25) is 4.90 Å². The van der Waals surface area contributed by atoms with E-state index in [1.807, 2.05) is 0 Å². The van der Waals surface area contributed by atoms with Crippen LogP contribution in [0.5, 0.6) is 0 Å². The zero-order valence-electron chi connectivity index (χ0n) is 12.3. The van der Waals surface area contributed by atoms with Crippen LogP contribution in [0.4, 0.5) is 0 Å². The molecule has 1 rings (SSSR count). The summed E-state index contributed by atoms with van der Waals surface area (Å²) >= 11 is 0. The molecule has 0 amide bonds. The second-order valence-electron chi connectivity index (χ2n) is 5.60. The highest BCUT2D eigenvalue weighted by molar-refractivity contribution is 4.82. The first-order chi connectivity index (χ1) is 8.22. The molecule has 0 radical (unpaired) electrons. The highest BCUT2D eigenvalue weighted by atomic mass is 15.2. The van der Waals surface area contributed by atoms with Crippen molar-refractivity contribution in [1.29, 1.82) is 0 Å². The summed E-state index contributed by atoms with van der Waals surface area (Å²) in [5.41, 5.74) is 0. The number of rotatable bonds is 7. The van der Waals surface area contributed by atoms with Gasteiger partial charge < -0.3 is 5.32 Å². The van der Waals surface area contributed by atoms with Crippen molar-refractivity contribution in [3.8, 4) is 0 Å². The van der Waals surface area contributed by atoms with Gasteiger partial charge in [-0.2, -0.15) is 0 Å². The second kappa shape index (κ2) is 8.10. The standard InChI is InChI=1S/C15H32N2/c1-5-13(4)15(16-7-3)12-17-11-9-8-10-14(17)6-2/h13-16H,5-12H2,1-4H3. The van der Waals surface area contributed by atoms with Gasteiger partial charge in [0.2, 0.25) is 0 Å². The number of likely N-dealkylation sites (N-methyl/N-ethyl adjacent to an activating group) is 1. The lowest BCUT2D eigenvalue weighted by Crippen LogP contribution is -2.49. The van der Waals surface area contributed by atoms with E-state index in [0.29, 0.717) is 6.04 Å². The minimum Gasteiger partial charge on any atom is -0.313 e. The topological polar surface area (TPSA) is 15.3 Å². The van der Waals surface area contributed by atoms with Crippen LogP contribution in [0, 0.1) is 5.92 Å². The van der Waals surface area contributed by atoms with Crippen LogP contribution in [0.3, 0.4) is 0 Å². The normalized spacial score (nSPS) is 25.8. The van der Waals surface area contributed by atoms with Gasteiger partial charge in [0.15, 0.2) is 0 Å². The van der Waals surface area contributed by atoms with Gasteiger partial charge in [0.05, 0.1) is 0 Å². The molecular weight excluding hydrogens is 208 g/mol. The number of nitrogens with zero attached hydrogens (tertiary/aromatic N) is 1. The van der Waals surface area contributed by atoms with Gasteiger partial charge in [0, 0.05) is 18.6 Å². The molecule has 1 N–H and O–H groups in total. The average molecular weight is 240 g/mol. The van der Waals surface area contributed by atoms with E-state index in [9.17, 15) is 0 Å². The Kier molecular flexibility index (Phi) is 7.14. The largest absolute Gasteiger partial charge is 0.313 e. The Balaban J connectivity index is 2.51. The number of hydrogen-bond donors (Lipinski definition) is 1. The van der Waals surface area contributed by atoms with E-state index in [0.717, 1.165) is 18.5 Å². The molecule has 3 unspecified atom stereocenters. The molecule has 0 aromatic rings. The first-order valence-corrected chi connectivity index (χ1v) is 7.70. The van der Waals surface area contributed by atoms with E-state index in [4.69, 9.17) is 0 Å². The number of piperidine rings is 1. The van der Waals surface area contributed by atoms with E-state index < -0.39 is 0 Å². The highest BCUT2D eigenvalue weighted by Crippen LogP contribution is 2.21. The molecule has 0 saturated carbocycles. The summed E-state index contributed by atoms with van der Waals surface area (Å²) in [6, 6.07) is 1.52. The smallest absolute Gasteiger partial charge is 0.0220 e. The Labute approximate surface area is 108 Å². The lowest BCUT2D eigenvalue weighted by Gasteiger charge is -2.39. The lowest BCUT2D eigenvalue weighted by atomic mass is 9.94. The van der Waals surface area contributed by atoms with Gasteiger partial charge >= 0.3 is 0 Å². The Morgan fingerprint density at radius 2 is 2.00 bits per heavy atom. The number of hydrogen-bond acceptors (Lipinski definition) is 2. The van der Waals surface area contributed by atoms with Crippen molar-refractivity contribution < 1.29 is 0 Å². The third kappa shape index (κ3) is 4.59. The van der Waals surface area contributed by atoms with Crippen molar-refractivity contribution >= 4 is 0 Å². The zero-order chi connectivity index (χ0) is 12.7. The fourth-order valence-corrected chi connectivity index (χ4v) is 3.01. The monoisotopic (exact) mass is 240 g/mol. The predicted octanol–water partition coefficient (Wildman–Crippen LogP) is 3.28. The number of nitrogens with one attached hydrogen (secondary N) is 1. The highest BCUT2D eigenvalue weighted by Gasteiger charge is 2.25. The van der Waals surface area contributed by atoms with E-state index in [1.165, 1.54) is 45.2 Å². The Morgan fingerprint density at radius 1 is 1.24 bits per heavy atom. The molecule has 1 fully saturated rings. The molecule has 0 aromatic carbocycles. The maximum absolute atomic E-state index is 3.68. The molecular formula is C15H32N2. The lowest BCUT2D eigenvalue weighted by molar-refractivity contribution is 0.117. The van der Waals surface area contributed by atoms with Crippen molar-refractivity contribution in [3.05, 3.63) is 0 Å². The van der Waals surface area contributed by atoms with Crippen molar-refractivity contribution in [1.82, 2.24) is 10.2 Å². The summed E-state index contributed by atoms with van der Waals surface area (Å²) in [5, 5.41) is 3.68. The second-order valence-corrected chi connectivity index (χ2v) is 5.60. The SMILES string of the molecule is CCNC(CN1CCCCC1CC)C(C)CC. The Bertz CT molecular complexity index is 191. The molecule has 1 saturated heterocycles. The van der Waals surface area contributed by atoms with Crippen LogP contribution < -0.4 is 5.32 Å². The van der Waals surface area contributed by atoms with Gasteiger partial charge in [-0.1, -0.05) is 40.5 Å².